The Morgan fingerprint density at radius 1 is 1.53 bits per heavy atom. The number of hydrogen-bond acceptors (Lipinski definition) is 3. The van der Waals surface area contributed by atoms with E-state index in [1.807, 2.05) is 6.20 Å². The Bertz CT molecular complexity index is 394. The molecule has 0 spiro atoms. The Balaban J connectivity index is 2.07. The summed E-state index contributed by atoms with van der Waals surface area (Å²) < 4.78 is 0. The van der Waals surface area contributed by atoms with E-state index >= 15 is 0 Å². The summed E-state index contributed by atoms with van der Waals surface area (Å²) in [5.41, 5.74) is 2.81. The van der Waals surface area contributed by atoms with Gasteiger partial charge in [0.2, 0.25) is 0 Å². The average Bonchev–Trinajstić information content (AvgIpc) is 2.47. The molecule has 1 N–H and O–H groups in total. The average molecular weight is 278 g/mol. The van der Waals surface area contributed by atoms with E-state index in [4.69, 9.17) is 0 Å². The fourth-order valence-electron chi connectivity index (χ4n) is 2.82. The van der Waals surface area contributed by atoms with Crippen molar-refractivity contribution in [3.63, 3.8) is 0 Å². The molecule has 1 aromatic rings. The third-order valence-corrected chi connectivity index (χ3v) is 5.68. The highest BCUT2D eigenvalue weighted by Crippen LogP contribution is 2.34. The second-order valence-electron chi connectivity index (χ2n) is 5.49. The van der Waals surface area contributed by atoms with Crippen LogP contribution >= 0.6 is 11.8 Å². The predicted molar refractivity (Wildman–Crippen MR) is 85.0 cm³/mol. The van der Waals surface area contributed by atoms with Crippen LogP contribution in [0.25, 0.3) is 0 Å². The molecule has 2 rings (SSSR count). The molecule has 0 aromatic carbocycles. The van der Waals surface area contributed by atoms with Crippen LogP contribution in [-0.4, -0.2) is 29.1 Å². The molecule has 1 aromatic heterocycles. The molecule has 0 fully saturated rings. The number of pyridine rings is 1. The molecular formula is C16H26N2S. The third kappa shape index (κ3) is 3.73. The summed E-state index contributed by atoms with van der Waals surface area (Å²) in [6, 6.07) is 4.87. The van der Waals surface area contributed by atoms with Crippen molar-refractivity contribution in [2.24, 2.45) is 0 Å². The quantitative estimate of drug-likeness (QED) is 0.860. The summed E-state index contributed by atoms with van der Waals surface area (Å²) in [6.45, 7) is 4.59. The van der Waals surface area contributed by atoms with Crippen LogP contribution in [0.15, 0.2) is 18.3 Å². The van der Waals surface area contributed by atoms with E-state index in [1.54, 1.807) is 0 Å². The van der Waals surface area contributed by atoms with E-state index in [0.717, 1.165) is 5.25 Å². The third-order valence-electron chi connectivity index (χ3n) is 4.23. The summed E-state index contributed by atoms with van der Waals surface area (Å²) in [4.78, 5) is 4.67. The van der Waals surface area contributed by atoms with Crippen LogP contribution in [-0.2, 0) is 6.42 Å². The normalized spacial score (nSPS) is 21.7. The fraction of sp³-hybridized carbons (Fsp3) is 0.688. The standard InChI is InChI=1S/C16H26N2S/c1-4-12(2)19-11-15(17-3)14-9-5-7-13-8-6-10-18-16(13)14/h6,8,10,12,14-15,17H,4-5,7,9,11H2,1-3H3. The van der Waals surface area contributed by atoms with Crippen LogP contribution < -0.4 is 5.32 Å². The zero-order valence-electron chi connectivity index (χ0n) is 12.4. The molecule has 0 saturated heterocycles. The Kier molecular flexibility index (Phi) is 5.71. The minimum atomic E-state index is 0.549. The number of fused-ring (bicyclic) bond motifs is 1. The van der Waals surface area contributed by atoms with Crippen LogP contribution in [0.2, 0.25) is 0 Å². The van der Waals surface area contributed by atoms with Gasteiger partial charge in [0, 0.05) is 34.9 Å². The van der Waals surface area contributed by atoms with Gasteiger partial charge in [0.15, 0.2) is 0 Å². The Labute approximate surface area is 121 Å². The van der Waals surface area contributed by atoms with Crippen LogP contribution in [0, 0.1) is 0 Å². The van der Waals surface area contributed by atoms with Crippen LogP contribution in [0.1, 0.15) is 50.3 Å². The molecule has 19 heavy (non-hydrogen) atoms. The van der Waals surface area contributed by atoms with E-state index < -0.39 is 0 Å². The molecule has 3 unspecified atom stereocenters. The molecule has 0 aliphatic heterocycles. The molecular weight excluding hydrogens is 252 g/mol. The largest absolute Gasteiger partial charge is 0.316 e. The smallest absolute Gasteiger partial charge is 0.0482 e. The monoisotopic (exact) mass is 278 g/mol. The van der Waals surface area contributed by atoms with Crippen molar-refractivity contribution in [2.45, 2.75) is 56.7 Å². The number of nitrogens with one attached hydrogen (secondary N) is 1. The van der Waals surface area contributed by atoms with Gasteiger partial charge >= 0.3 is 0 Å². The first kappa shape index (κ1) is 14.9. The van der Waals surface area contributed by atoms with E-state index in [2.05, 4.69) is 55.1 Å². The lowest BCUT2D eigenvalue weighted by atomic mass is 9.82. The van der Waals surface area contributed by atoms with Crippen LogP contribution in [0.3, 0.4) is 0 Å². The maximum atomic E-state index is 4.67. The first-order valence-corrected chi connectivity index (χ1v) is 8.53. The van der Waals surface area contributed by atoms with Crippen LogP contribution in [0.5, 0.6) is 0 Å². The lowest BCUT2D eigenvalue weighted by molar-refractivity contribution is 0.432. The number of hydrogen-bond donors (Lipinski definition) is 1. The van der Waals surface area contributed by atoms with Crippen LogP contribution in [0.4, 0.5) is 0 Å². The minimum absolute atomic E-state index is 0.549. The number of rotatable bonds is 6. The van der Waals surface area contributed by atoms with E-state index in [-0.39, 0.29) is 0 Å². The zero-order chi connectivity index (χ0) is 13.7. The van der Waals surface area contributed by atoms with Gasteiger partial charge in [0.25, 0.3) is 0 Å². The lowest BCUT2D eigenvalue weighted by Crippen LogP contribution is -2.37. The van der Waals surface area contributed by atoms with Crippen molar-refractivity contribution in [1.29, 1.82) is 0 Å². The Hall–Kier alpha value is -0.540. The first-order valence-electron chi connectivity index (χ1n) is 7.48. The van der Waals surface area contributed by atoms with Gasteiger partial charge in [-0.25, -0.2) is 0 Å². The summed E-state index contributed by atoms with van der Waals surface area (Å²) >= 11 is 2.09. The van der Waals surface area contributed by atoms with Crippen molar-refractivity contribution in [1.82, 2.24) is 10.3 Å². The van der Waals surface area contributed by atoms with Crippen molar-refractivity contribution in [3.8, 4) is 0 Å². The molecule has 3 atom stereocenters. The maximum absolute atomic E-state index is 4.67. The Morgan fingerprint density at radius 3 is 3.11 bits per heavy atom. The SMILES string of the molecule is CCC(C)SCC(NC)C1CCCc2cccnc21. The first-order chi connectivity index (χ1) is 9.26. The highest BCUT2D eigenvalue weighted by atomic mass is 32.2. The van der Waals surface area contributed by atoms with Crippen molar-refractivity contribution in [2.75, 3.05) is 12.8 Å². The van der Waals surface area contributed by atoms with Crippen molar-refractivity contribution < 1.29 is 0 Å². The summed E-state index contributed by atoms with van der Waals surface area (Å²) in [5.74, 6) is 1.78. The molecule has 0 saturated carbocycles. The molecule has 2 nitrogen and oxygen atoms in total. The van der Waals surface area contributed by atoms with Gasteiger partial charge in [0.05, 0.1) is 0 Å². The van der Waals surface area contributed by atoms with Gasteiger partial charge in [-0.1, -0.05) is 19.9 Å². The Morgan fingerprint density at radius 2 is 2.37 bits per heavy atom. The number of likely N-dealkylation sites (N-methyl/N-ethyl adjacent to an activating group) is 1. The van der Waals surface area contributed by atoms with Gasteiger partial charge in [0.1, 0.15) is 0 Å². The molecule has 1 aliphatic rings. The number of aromatic nitrogens is 1. The predicted octanol–water partition coefficient (Wildman–Crippen LogP) is 3.62. The molecule has 3 heteroatoms. The lowest BCUT2D eigenvalue weighted by Gasteiger charge is -2.31. The fourth-order valence-corrected chi connectivity index (χ4v) is 3.99. The van der Waals surface area contributed by atoms with Crippen molar-refractivity contribution >= 4 is 11.8 Å². The second kappa shape index (κ2) is 7.30. The summed E-state index contributed by atoms with van der Waals surface area (Å²) in [7, 11) is 2.10. The van der Waals surface area contributed by atoms with Gasteiger partial charge in [-0.05, 0) is 44.4 Å². The molecule has 0 bridgehead atoms. The van der Waals surface area contributed by atoms with Gasteiger partial charge in [-0.3, -0.25) is 4.98 Å². The van der Waals surface area contributed by atoms with Gasteiger partial charge in [-0.2, -0.15) is 11.8 Å². The molecule has 106 valence electrons. The number of thioether (sulfide) groups is 1. The zero-order valence-corrected chi connectivity index (χ0v) is 13.2. The summed E-state index contributed by atoms with van der Waals surface area (Å²) in [5, 5.41) is 4.28. The topological polar surface area (TPSA) is 24.9 Å². The second-order valence-corrected chi connectivity index (χ2v) is 6.97. The molecule has 1 aliphatic carbocycles. The number of nitrogens with zero attached hydrogens (tertiary/aromatic N) is 1. The maximum Gasteiger partial charge on any atom is 0.0482 e. The minimum Gasteiger partial charge on any atom is -0.316 e. The molecule has 1 heterocycles. The van der Waals surface area contributed by atoms with Crippen molar-refractivity contribution in [3.05, 3.63) is 29.6 Å². The van der Waals surface area contributed by atoms with Gasteiger partial charge in [-0.15, -0.1) is 0 Å². The van der Waals surface area contributed by atoms with E-state index in [1.165, 1.54) is 42.7 Å². The van der Waals surface area contributed by atoms with E-state index in [9.17, 15) is 0 Å². The molecule has 0 radical (unpaired) electrons. The summed E-state index contributed by atoms with van der Waals surface area (Å²) in [6.07, 6.45) is 6.98. The van der Waals surface area contributed by atoms with E-state index in [0.29, 0.717) is 12.0 Å². The highest BCUT2D eigenvalue weighted by Gasteiger charge is 2.28. The number of aryl methyl sites for hydroxylation is 1. The molecule has 0 amide bonds. The highest BCUT2D eigenvalue weighted by molar-refractivity contribution is 7.99. The van der Waals surface area contributed by atoms with Gasteiger partial charge < -0.3 is 5.32 Å².